The maximum absolute atomic E-state index is 13.5. The van der Waals surface area contributed by atoms with E-state index < -0.39 is 22.5 Å². The van der Waals surface area contributed by atoms with Crippen LogP contribution in [0.1, 0.15) is 19.4 Å². The maximum atomic E-state index is 13.5. The number of hydrogen-bond donors (Lipinski definition) is 1. The van der Waals surface area contributed by atoms with Gasteiger partial charge >= 0.3 is 0 Å². The Kier molecular flexibility index (Phi) is 7.89. The van der Waals surface area contributed by atoms with Gasteiger partial charge in [0.15, 0.2) is 0 Å². The molecule has 0 aliphatic rings. The lowest BCUT2D eigenvalue weighted by Gasteiger charge is -2.25. The highest BCUT2D eigenvalue weighted by atomic mass is 35.5. The molecule has 0 bridgehead atoms. The normalized spacial score (nSPS) is 11.3. The minimum atomic E-state index is -4.12. The average Bonchev–Trinajstić information content (AvgIpc) is 2.74. The second-order valence-corrected chi connectivity index (χ2v) is 10.3. The van der Waals surface area contributed by atoms with Crippen molar-refractivity contribution in [1.29, 1.82) is 0 Å². The number of carbonyl (C=O) groups is 1. The van der Waals surface area contributed by atoms with Crippen molar-refractivity contribution < 1.29 is 17.9 Å². The first-order chi connectivity index (χ1) is 15.6. The standard InChI is InChI=1S/C24H24Cl2N2O4S/c1-16(2)32-19-7-4-6-18(14-19)27-23(29)15-28(22-9-5-8-21(25)24(22)26)33(30,31)20-12-10-17(3)11-13-20/h4-14,16H,15H2,1-3H3,(H,27,29). The van der Waals surface area contributed by atoms with Crippen LogP contribution in [0.15, 0.2) is 71.6 Å². The molecule has 0 unspecified atom stereocenters. The first-order valence-electron chi connectivity index (χ1n) is 10.2. The van der Waals surface area contributed by atoms with Gasteiger partial charge in [0.25, 0.3) is 10.0 Å². The van der Waals surface area contributed by atoms with Gasteiger partial charge in [0.1, 0.15) is 12.3 Å². The summed E-state index contributed by atoms with van der Waals surface area (Å²) < 4.78 is 33.6. The van der Waals surface area contributed by atoms with E-state index in [4.69, 9.17) is 27.9 Å². The quantitative estimate of drug-likeness (QED) is 0.411. The van der Waals surface area contributed by atoms with E-state index >= 15 is 0 Å². The van der Waals surface area contributed by atoms with Crippen molar-refractivity contribution in [2.24, 2.45) is 0 Å². The van der Waals surface area contributed by atoms with Crippen LogP contribution in [-0.2, 0) is 14.8 Å². The van der Waals surface area contributed by atoms with Gasteiger partial charge in [0.05, 0.1) is 26.7 Å². The predicted molar refractivity (Wildman–Crippen MR) is 133 cm³/mol. The van der Waals surface area contributed by atoms with Gasteiger partial charge in [-0.05, 0) is 57.2 Å². The maximum Gasteiger partial charge on any atom is 0.264 e. The molecule has 0 saturated carbocycles. The minimum absolute atomic E-state index is 0.0314. The first kappa shape index (κ1) is 24.9. The number of anilines is 2. The Balaban J connectivity index is 1.94. The van der Waals surface area contributed by atoms with Crippen LogP contribution in [0.2, 0.25) is 10.0 Å². The van der Waals surface area contributed by atoms with E-state index in [1.54, 1.807) is 48.5 Å². The average molecular weight is 507 g/mol. The molecule has 0 aromatic heterocycles. The van der Waals surface area contributed by atoms with Gasteiger partial charge in [0.2, 0.25) is 5.91 Å². The van der Waals surface area contributed by atoms with Crippen LogP contribution in [0.5, 0.6) is 5.75 Å². The molecule has 0 atom stereocenters. The molecule has 0 saturated heterocycles. The van der Waals surface area contributed by atoms with E-state index in [1.807, 2.05) is 20.8 Å². The monoisotopic (exact) mass is 506 g/mol. The van der Waals surface area contributed by atoms with Crippen LogP contribution in [0.3, 0.4) is 0 Å². The molecule has 1 N–H and O–H groups in total. The summed E-state index contributed by atoms with van der Waals surface area (Å²) >= 11 is 12.5. The van der Waals surface area contributed by atoms with Gasteiger partial charge in [-0.25, -0.2) is 8.42 Å². The summed E-state index contributed by atoms with van der Waals surface area (Å²) in [5.74, 6) is 0.0354. The molecule has 0 fully saturated rings. The second-order valence-electron chi connectivity index (χ2n) is 7.64. The van der Waals surface area contributed by atoms with E-state index in [0.29, 0.717) is 11.4 Å². The van der Waals surface area contributed by atoms with Crippen molar-refractivity contribution in [2.45, 2.75) is 31.8 Å². The number of rotatable bonds is 8. The van der Waals surface area contributed by atoms with Crippen molar-refractivity contribution in [1.82, 2.24) is 0 Å². The van der Waals surface area contributed by atoms with Crippen molar-refractivity contribution in [2.75, 3.05) is 16.2 Å². The fraction of sp³-hybridized carbons (Fsp3) is 0.208. The highest BCUT2D eigenvalue weighted by molar-refractivity contribution is 7.92. The second kappa shape index (κ2) is 10.5. The summed E-state index contributed by atoms with van der Waals surface area (Å²) in [6, 6.07) is 17.8. The molecule has 3 aromatic rings. The number of hydrogen-bond acceptors (Lipinski definition) is 4. The van der Waals surface area contributed by atoms with Crippen molar-refractivity contribution in [3.63, 3.8) is 0 Å². The number of halogens is 2. The molecule has 3 rings (SSSR count). The molecular weight excluding hydrogens is 483 g/mol. The summed E-state index contributed by atoms with van der Waals surface area (Å²) in [4.78, 5) is 13.0. The highest BCUT2D eigenvalue weighted by Gasteiger charge is 2.29. The van der Waals surface area contributed by atoms with E-state index in [-0.39, 0.29) is 26.7 Å². The van der Waals surface area contributed by atoms with Crippen LogP contribution in [-0.4, -0.2) is 27.0 Å². The minimum Gasteiger partial charge on any atom is -0.491 e. The van der Waals surface area contributed by atoms with Crippen LogP contribution in [0.4, 0.5) is 11.4 Å². The number of sulfonamides is 1. The van der Waals surface area contributed by atoms with Gasteiger partial charge in [0, 0.05) is 11.8 Å². The van der Waals surface area contributed by atoms with Crippen LogP contribution in [0.25, 0.3) is 0 Å². The molecular formula is C24H24Cl2N2O4S. The Morgan fingerprint density at radius 1 is 1.03 bits per heavy atom. The third kappa shape index (κ3) is 6.19. The van der Waals surface area contributed by atoms with Crippen molar-refractivity contribution in [3.8, 4) is 5.75 Å². The molecule has 0 spiro atoms. The number of aryl methyl sites for hydroxylation is 1. The SMILES string of the molecule is Cc1ccc(S(=O)(=O)N(CC(=O)Nc2cccc(OC(C)C)c2)c2cccc(Cl)c2Cl)cc1. The molecule has 1 amide bonds. The van der Waals surface area contributed by atoms with Crippen molar-refractivity contribution >= 4 is 50.5 Å². The smallest absolute Gasteiger partial charge is 0.264 e. The number of nitrogens with zero attached hydrogens (tertiary/aromatic N) is 1. The van der Waals surface area contributed by atoms with Gasteiger partial charge in [-0.15, -0.1) is 0 Å². The number of carbonyl (C=O) groups excluding carboxylic acids is 1. The molecule has 9 heteroatoms. The fourth-order valence-corrected chi connectivity index (χ4v) is 4.95. The molecule has 0 aliphatic heterocycles. The summed E-state index contributed by atoms with van der Waals surface area (Å²) in [5, 5.41) is 2.94. The zero-order chi connectivity index (χ0) is 24.2. The summed E-state index contributed by atoms with van der Waals surface area (Å²) in [7, 11) is -4.12. The Hall–Kier alpha value is -2.74. The number of nitrogens with one attached hydrogen (secondary N) is 1. The van der Waals surface area contributed by atoms with E-state index in [1.165, 1.54) is 18.2 Å². The van der Waals surface area contributed by atoms with Crippen LogP contribution < -0.4 is 14.4 Å². The summed E-state index contributed by atoms with van der Waals surface area (Å²) in [6.45, 7) is 5.14. The lowest BCUT2D eigenvalue weighted by Crippen LogP contribution is -2.38. The zero-order valence-corrected chi connectivity index (χ0v) is 20.7. The summed E-state index contributed by atoms with van der Waals surface area (Å²) in [5.41, 5.74) is 1.49. The fourth-order valence-electron chi connectivity index (χ4n) is 3.07. The Bertz CT molecular complexity index is 1250. The largest absolute Gasteiger partial charge is 0.491 e. The molecule has 0 radical (unpaired) electrons. The highest BCUT2D eigenvalue weighted by Crippen LogP contribution is 2.35. The Labute approximate surface area is 204 Å². The molecule has 0 aliphatic carbocycles. The molecule has 3 aromatic carbocycles. The Morgan fingerprint density at radius 3 is 2.36 bits per heavy atom. The third-order valence-electron chi connectivity index (χ3n) is 4.59. The van der Waals surface area contributed by atoms with Gasteiger partial charge in [-0.2, -0.15) is 0 Å². The third-order valence-corrected chi connectivity index (χ3v) is 7.17. The number of ether oxygens (including phenoxy) is 1. The van der Waals surface area contributed by atoms with Gasteiger partial charge in [-0.1, -0.05) is 53.0 Å². The number of amides is 1. The summed E-state index contributed by atoms with van der Waals surface area (Å²) in [6.07, 6.45) is -0.0314. The molecule has 33 heavy (non-hydrogen) atoms. The zero-order valence-electron chi connectivity index (χ0n) is 18.4. The van der Waals surface area contributed by atoms with Gasteiger partial charge in [-0.3, -0.25) is 9.10 Å². The first-order valence-corrected chi connectivity index (χ1v) is 12.4. The van der Waals surface area contributed by atoms with E-state index in [9.17, 15) is 13.2 Å². The Morgan fingerprint density at radius 2 is 1.70 bits per heavy atom. The lowest BCUT2D eigenvalue weighted by molar-refractivity contribution is -0.114. The molecule has 174 valence electrons. The lowest BCUT2D eigenvalue weighted by atomic mass is 10.2. The topological polar surface area (TPSA) is 75.7 Å². The van der Waals surface area contributed by atoms with Gasteiger partial charge < -0.3 is 10.1 Å². The van der Waals surface area contributed by atoms with E-state index in [2.05, 4.69) is 5.32 Å². The van der Waals surface area contributed by atoms with Crippen molar-refractivity contribution in [3.05, 3.63) is 82.3 Å². The van der Waals surface area contributed by atoms with Crippen LogP contribution >= 0.6 is 23.2 Å². The van der Waals surface area contributed by atoms with Crippen LogP contribution in [0, 0.1) is 6.92 Å². The van der Waals surface area contributed by atoms with E-state index in [0.717, 1.165) is 9.87 Å². The molecule has 0 heterocycles. The predicted octanol–water partition coefficient (Wildman–Crippen LogP) is 5.92. The molecule has 6 nitrogen and oxygen atoms in total. The number of benzene rings is 3.